The number of hydrogen-bond donors (Lipinski definition) is 1. The third-order valence-electron chi connectivity index (χ3n) is 3.69. The maximum atomic E-state index is 5.67. The first-order valence-electron chi connectivity index (χ1n) is 7.83. The fraction of sp³-hybridized carbons (Fsp3) is 0.647. The first kappa shape index (κ1) is 16.3. The van der Waals surface area contributed by atoms with Gasteiger partial charge in [-0.2, -0.15) is 0 Å². The molecule has 1 aromatic heterocycles. The van der Waals surface area contributed by atoms with E-state index in [2.05, 4.69) is 36.2 Å². The maximum Gasteiger partial charge on any atom is 0.118 e. The van der Waals surface area contributed by atoms with Gasteiger partial charge in [0.1, 0.15) is 5.76 Å². The highest BCUT2D eigenvalue weighted by Gasteiger charge is 2.13. The van der Waals surface area contributed by atoms with Crippen molar-refractivity contribution in [2.45, 2.75) is 33.4 Å². The van der Waals surface area contributed by atoms with Gasteiger partial charge in [-0.1, -0.05) is 19.9 Å². The summed E-state index contributed by atoms with van der Waals surface area (Å²) >= 11 is 0. The SMILES string of the molecule is COCC1=CCN(Cc2cc(CNCC(C)C)co2)CC1. The lowest BCUT2D eigenvalue weighted by molar-refractivity contribution is 0.207. The molecule has 4 nitrogen and oxygen atoms in total. The van der Waals surface area contributed by atoms with Crippen molar-refractivity contribution < 1.29 is 9.15 Å². The minimum absolute atomic E-state index is 0.679. The molecule has 21 heavy (non-hydrogen) atoms. The molecule has 1 aliphatic heterocycles. The fourth-order valence-corrected chi connectivity index (χ4v) is 2.54. The predicted octanol–water partition coefficient (Wildman–Crippen LogP) is 2.80. The normalized spacial score (nSPS) is 16.5. The second-order valence-corrected chi connectivity index (χ2v) is 6.23. The van der Waals surface area contributed by atoms with E-state index < -0.39 is 0 Å². The minimum atomic E-state index is 0.679. The first-order valence-corrected chi connectivity index (χ1v) is 7.83. The summed E-state index contributed by atoms with van der Waals surface area (Å²) in [4.78, 5) is 2.41. The number of rotatable bonds is 8. The van der Waals surface area contributed by atoms with Crippen molar-refractivity contribution in [2.24, 2.45) is 5.92 Å². The summed E-state index contributed by atoms with van der Waals surface area (Å²) in [5.74, 6) is 1.73. The van der Waals surface area contributed by atoms with Gasteiger partial charge in [-0.15, -0.1) is 0 Å². The summed E-state index contributed by atoms with van der Waals surface area (Å²) in [6.45, 7) is 10.1. The van der Waals surface area contributed by atoms with Crippen LogP contribution < -0.4 is 5.32 Å². The van der Waals surface area contributed by atoms with Gasteiger partial charge in [0.05, 0.1) is 19.4 Å². The molecule has 0 saturated heterocycles. The Morgan fingerprint density at radius 2 is 2.29 bits per heavy atom. The van der Waals surface area contributed by atoms with Crippen molar-refractivity contribution in [1.29, 1.82) is 0 Å². The second-order valence-electron chi connectivity index (χ2n) is 6.23. The number of nitrogens with zero attached hydrogens (tertiary/aromatic N) is 1. The summed E-state index contributed by atoms with van der Waals surface area (Å²) in [6.07, 6.45) is 5.25. The van der Waals surface area contributed by atoms with Crippen molar-refractivity contribution in [1.82, 2.24) is 10.2 Å². The van der Waals surface area contributed by atoms with Crippen LogP contribution in [0.2, 0.25) is 0 Å². The highest BCUT2D eigenvalue weighted by atomic mass is 16.5. The number of ether oxygens (including phenoxy) is 1. The van der Waals surface area contributed by atoms with E-state index >= 15 is 0 Å². The van der Waals surface area contributed by atoms with Crippen LogP contribution in [-0.2, 0) is 17.8 Å². The molecule has 0 radical (unpaired) electrons. The minimum Gasteiger partial charge on any atom is -0.468 e. The van der Waals surface area contributed by atoms with Gasteiger partial charge in [-0.3, -0.25) is 4.90 Å². The van der Waals surface area contributed by atoms with E-state index in [0.29, 0.717) is 5.92 Å². The van der Waals surface area contributed by atoms with Gasteiger partial charge in [-0.25, -0.2) is 0 Å². The van der Waals surface area contributed by atoms with Crippen molar-refractivity contribution >= 4 is 0 Å². The molecule has 0 amide bonds. The number of furan rings is 1. The van der Waals surface area contributed by atoms with Crippen molar-refractivity contribution in [2.75, 3.05) is 33.4 Å². The summed E-state index contributed by atoms with van der Waals surface area (Å²) in [7, 11) is 1.75. The van der Waals surface area contributed by atoms with E-state index in [1.807, 2.05) is 6.26 Å². The predicted molar refractivity (Wildman–Crippen MR) is 85.1 cm³/mol. The van der Waals surface area contributed by atoms with E-state index in [-0.39, 0.29) is 0 Å². The topological polar surface area (TPSA) is 37.6 Å². The molecule has 0 bridgehead atoms. The van der Waals surface area contributed by atoms with Crippen LogP contribution in [0.3, 0.4) is 0 Å². The largest absolute Gasteiger partial charge is 0.468 e. The van der Waals surface area contributed by atoms with Gasteiger partial charge >= 0.3 is 0 Å². The number of nitrogens with one attached hydrogen (secondary N) is 1. The molecule has 0 unspecified atom stereocenters. The maximum absolute atomic E-state index is 5.67. The van der Waals surface area contributed by atoms with Gasteiger partial charge in [0, 0.05) is 32.3 Å². The molecule has 0 aromatic carbocycles. The molecular formula is C17H28N2O2. The average Bonchev–Trinajstić information content (AvgIpc) is 2.88. The van der Waals surface area contributed by atoms with E-state index in [4.69, 9.17) is 9.15 Å². The fourth-order valence-electron chi connectivity index (χ4n) is 2.54. The Hall–Kier alpha value is -1.10. The lowest BCUT2D eigenvalue weighted by Gasteiger charge is -2.25. The van der Waals surface area contributed by atoms with E-state index in [9.17, 15) is 0 Å². The zero-order valence-electron chi connectivity index (χ0n) is 13.5. The van der Waals surface area contributed by atoms with E-state index in [0.717, 1.165) is 51.5 Å². The Kier molecular flexibility index (Phi) is 6.49. The van der Waals surface area contributed by atoms with Crippen LogP contribution in [0.25, 0.3) is 0 Å². The molecule has 0 fully saturated rings. The molecule has 0 spiro atoms. The molecular weight excluding hydrogens is 264 g/mol. The Morgan fingerprint density at radius 3 is 2.95 bits per heavy atom. The highest BCUT2D eigenvalue weighted by molar-refractivity contribution is 5.14. The Morgan fingerprint density at radius 1 is 1.43 bits per heavy atom. The van der Waals surface area contributed by atoms with Crippen LogP contribution in [-0.4, -0.2) is 38.3 Å². The average molecular weight is 292 g/mol. The number of methoxy groups -OCH3 is 1. The Balaban J connectivity index is 1.75. The molecule has 0 atom stereocenters. The van der Waals surface area contributed by atoms with Crippen LogP contribution in [0.15, 0.2) is 28.4 Å². The summed E-state index contributed by atoms with van der Waals surface area (Å²) in [5, 5.41) is 3.44. The monoisotopic (exact) mass is 292 g/mol. The zero-order valence-corrected chi connectivity index (χ0v) is 13.5. The third kappa shape index (κ3) is 5.65. The summed E-state index contributed by atoms with van der Waals surface area (Å²) in [6, 6.07) is 2.17. The molecule has 2 heterocycles. The van der Waals surface area contributed by atoms with E-state index in [1.165, 1.54) is 11.1 Å². The zero-order chi connectivity index (χ0) is 15.1. The summed E-state index contributed by atoms with van der Waals surface area (Å²) < 4.78 is 10.9. The first-order chi connectivity index (χ1) is 10.2. The standard InChI is InChI=1S/C17H28N2O2/c1-14(2)9-18-10-16-8-17(21-13-16)11-19-6-4-15(5-7-19)12-20-3/h4,8,13-14,18H,5-7,9-12H2,1-3H3. The van der Waals surface area contributed by atoms with Crippen molar-refractivity contribution in [3.05, 3.63) is 35.3 Å². The Bertz CT molecular complexity index is 451. The molecule has 1 aromatic rings. The molecule has 4 heteroatoms. The lowest BCUT2D eigenvalue weighted by atomic mass is 10.1. The van der Waals surface area contributed by atoms with Crippen LogP contribution in [0, 0.1) is 5.92 Å². The van der Waals surface area contributed by atoms with Crippen LogP contribution in [0.5, 0.6) is 0 Å². The highest BCUT2D eigenvalue weighted by Crippen LogP contribution is 2.16. The van der Waals surface area contributed by atoms with Gasteiger partial charge in [0.2, 0.25) is 0 Å². The molecule has 0 saturated carbocycles. The Labute approximate surface area is 128 Å². The van der Waals surface area contributed by atoms with Crippen LogP contribution >= 0.6 is 0 Å². The van der Waals surface area contributed by atoms with Crippen LogP contribution in [0.1, 0.15) is 31.6 Å². The smallest absolute Gasteiger partial charge is 0.118 e. The van der Waals surface area contributed by atoms with Gasteiger partial charge in [0.25, 0.3) is 0 Å². The van der Waals surface area contributed by atoms with Crippen molar-refractivity contribution in [3.63, 3.8) is 0 Å². The second kappa shape index (κ2) is 8.37. The lowest BCUT2D eigenvalue weighted by Crippen LogP contribution is -2.28. The molecule has 0 aliphatic carbocycles. The van der Waals surface area contributed by atoms with Gasteiger partial charge < -0.3 is 14.5 Å². The quantitative estimate of drug-likeness (QED) is 0.748. The molecule has 2 rings (SSSR count). The van der Waals surface area contributed by atoms with E-state index in [1.54, 1.807) is 7.11 Å². The number of hydrogen-bond acceptors (Lipinski definition) is 4. The van der Waals surface area contributed by atoms with Gasteiger partial charge in [-0.05, 0) is 30.5 Å². The molecule has 118 valence electrons. The summed E-state index contributed by atoms with van der Waals surface area (Å²) in [5.41, 5.74) is 2.64. The molecule has 1 aliphatic rings. The molecule has 1 N–H and O–H groups in total. The third-order valence-corrected chi connectivity index (χ3v) is 3.69. The van der Waals surface area contributed by atoms with Crippen molar-refractivity contribution in [3.8, 4) is 0 Å². The van der Waals surface area contributed by atoms with Gasteiger partial charge in [0.15, 0.2) is 0 Å². The van der Waals surface area contributed by atoms with Crippen LogP contribution in [0.4, 0.5) is 0 Å².